The number of amides is 1. The Hall–Kier alpha value is -2.52. The molecule has 138 valence electrons. The first-order valence-corrected chi connectivity index (χ1v) is 9.84. The summed E-state index contributed by atoms with van der Waals surface area (Å²) in [4.78, 5) is 23.1. The molecule has 1 fully saturated rings. The van der Waals surface area contributed by atoms with Crippen molar-refractivity contribution in [2.24, 2.45) is 0 Å². The molecule has 0 bridgehead atoms. The van der Waals surface area contributed by atoms with Crippen LogP contribution in [0.3, 0.4) is 0 Å². The molecule has 0 saturated carbocycles. The Balaban J connectivity index is 1.64. The van der Waals surface area contributed by atoms with Crippen molar-refractivity contribution in [1.82, 2.24) is 20.0 Å². The zero-order valence-corrected chi connectivity index (χ0v) is 15.2. The van der Waals surface area contributed by atoms with Gasteiger partial charge in [-0.2, -0.15) is 0 Å². The largest absolute Gasteiger partial charge is 0.348 e. The van der Waals surface area contributed by atoms with E-state index >= 15 is 0 Å². The Morgan fingerprint density at radius 3 is 2.54 bits per heavy atom. The molecule has 2 heterocycles. The average molecular weight is 375 g/mol. The predicted molar refractivity (Wildman–Crippen MR) is 97.4 cm³/mol. The number of hydrogen-bond acceptors (Lipinski definition) is 6. The topological polar surface area (TPSA) is 104 Å². The first-order chi connectivity index (χ1) is 12.5. The van der Waals surface area contributed by atoms with Gasteiger partial charge < -0.3 is 10.2 Å². The van der Waals surface area contributed by atoms with E-state index in [9.17, 15) is 13.2 Å². The fourth-order valence-corrected chi connectivity index (χ4v) is 3.63. The molecule has 0 spiro atoms. The molecule has 1 atom stereocenters. The number of sulfonamides is 1. The van der Waals surface area contributed by atoms with Crippen molar-refractivity contribution in [3.63, 3.8) is 0 Å². The minimum absolute atomic E-state index is 0.0132. The Labute approximate surface area is 152 Å². The molecule has 1 aliphatic rings. The molecular formula is C17H21N5O3S. The number of nitrogens with zero attached hydrogens (tertiary/aromatic N) is 3. The molecule has 1 amide bonds. The number of nitrogens with one attached hydrogen (secondary N) is 2. The minimum atomic E-state index is -3.51. The molecule has 1 aromatic heterocycles. The molecule has 8 nitrogen and oxygen atoms in total. The van der Waals surface area contributed by atoms with Gasteiger partial charge in [0.1, 0.15) is 0 Å². The highest BCUT2D eigenvalue weighted by molar-refractivity contribution is 7.89. The summed E-state index contributed by atoms with van der Waals surface area (Å²) < 4.78 is 25.7. The fraction of sp³-hybridized carbons (Fsp3) is 0.353. The standard InChI is InChI=1S/C17H21N5O3S/c1-18-26(24,25)15-7-5-13(6-8-15)16(23)21-14-4-2-11-22(12-14)17-19-9-3-10-20-17/h3,5-10,14,18H,2,4,11-12H2,1H3,(H,21,23). The molecule has 26 heavy (non-hydrogen) atoms. The number of aromatic nitrogens is 2. The summed E-state index contributed by atoms with van der Waals surface area (Å²) in [7, 11) is -2.16. The number of anilines is 1. The number of hydrogen-bond donors (Lipinski definition) is 2. The third-order valence-corrected chi connectivity index (χ3v) is 5.72. The van der Waals surface area contributed by atoms with E-state index in [1.54, 1.807) is 18.5 Å². The second-order valence-electron chi connectivity index (χ2n) is 6.04. The van der Waals surface area contributed by atoms with E-state index in [1.807, 2.05) is 0 Å². The minimum Gasteiger partial charge on any atom is -0.348 e. The van der Waals surface area contributed by atoms with Crippen molar-refractivity contribution in [2.75, 3.05) is 25.0 Å². The Kier molecular flexibility index (Phi) is 5.48. The van der Waals surface area contributed by atoms with Crippen LogP contribution in [0, 0.1) is 0 Å². The van der Waals surface area contributed by atoms with Crippen LogP contribution in [0.5, 0.6) is 0 Å². The van der Waals surface area contributed by atoms with Crippen LogP contribution in [0.4, 0.5) is 5.95 Å². The van der Waals surface area contributed by atoms with Crippen LogP contribution in [-0.4, -0.2) is 50.5 Å². The van der Waals surface area contributed by atoms with E-state index in [0.717, 1.165) is 19.4 Å². The average Bonchev–Trinajstić information content (AvgIpc) is 2.69. The zero-order valence-electron chi connectivity index (χ0n) is 14.4. The lowest BCUT2D eigenvalue weighted by Gasteiger charge is -2.33. The van der Waals surface area contributed by atoms with Gasteiger partial charge in [-0.25, -0.2) is 23.1 Å². The predicted octanol–water partition coefficient (Wildman–Crippen LogP) is 0.783. The van der Waals surface area contributed by atoms with Gasteiger partial charge in [-0.05, 0) is 50.2 Å². The van der Waals surface area contributed by atoms with Gasteiger partial charge in [-0.15, -0.1) is 0 Å². The number of rotatable bonds is 5. The van der Waals surface area contributed by atoms with E-state index < -0.39 is 10.0 Å². The highest BCUT2D eigenvalue weighted by atomic mass is 32.2. The van der Waals surface area contributed by atoms with Crippen LogP contribution in [0.2, 0.25) is 0 Å². The van der Waals surface area contributed by atoms with Gasteiger partial charge in [-0.1, -0.05) is 0 Å². The summed E-state index contributed by atoms with van der Waals surface area (Å²) in [6.45, 7) is 1.49. The Bertz CT molecular complexity index is 856. The summed E-state index contributed by atoms with van der Waals surface area (Å²) in [5, 5.41) is 3.01. The summed E-state index contributed by atoms with van der Waals surface area (Å²) in [5.41, 5.74) is 0.424. The van der Waals surface area contributed by atoms with E-state index in [2.05, 4.69) is 24.9 Å². The molecule has 1 saturated heterocycles. The molecular weight excluding hydrogens is 354 g/mol. The van der Waals surface area contributed by atoms with Crippen molar-refractivity contribution >= 4 is 21.9 Å². The van der Waals surface area contributed by atoms with Crippen LogP contribution in [0.25, 0.3) is 0 Å². The second kappa shape index (κ2) is 7.79. The zero-order chi connectivity index (χ0) is 18.6. The van der Waals surface area contributed by atoms with Crippen LogP contribution >= 0.6 is 0 Å². The number of carbonyl (C=O) groups is 1. The summed E-state index contributed by atoms with van der Waals surface area (Å²) in [6, 6.07) is 7.63. The van der Waals surface area contributed by atoms with E-state index in [-0.39, 0.29) is 16.8 Å². The van der Waals surface area contributed by atoms with E-state index in [0.29, 0.717) is 18.1 Å². The van der Waals surface area contributed by atoms with Crippen molar-refractivity contribution in [3.05, 3.63) is 48.3 Å². The molecule has 1 aliphatic heterocycles. The van der Waals surface area contributed by atoms with Crippen LogP contribution < -0.4 is 14.9 Å². The normalized spacial score (nSPS) is 17.7. The monoisotopic (exact) mass is 375 g/mol. The lowest BCUT2D eigenvalue weighted by Crippen LogP contribution is -2.48. The van der Waals surface area contributed by atoms with Crippen molar-refractivity contribution in [2.45, 2.75) is 23.8 Å². The van der Waals surface area contributed by atoms with Gasteiger partial charge in [0.2, 0.25) is 16.0 Å². The molecule has 0 aliphatic carbocycles. The molecule has 1 unspecified atom stereocenters. The van der Waals surface area contributed by atoms with E-state index in [4.69, 9.17) is 0 Å². The Morgan fingerprint density at radius 2 is 1.88 bits per heavy atom. The smallest absolute Gasteiger partial charge is 0.251 e. The molecule has 3 rings (SSSR count). The number of benzene rings is 1. The van der Waals surface area contributed by atoms with Gasteiger partial charge in [0.05, 0.1) is 4.90 Å². The Morgan fingerprint density at radius 1 is 1.19 bits per heavy atom. The molecule has 1 aromatic carbocycles. The van der Waals surface area contributed by atoms with Gasteiger partial charge in [0.15, 0.2) is 0 Å². The number of piperidine rings is 1. The van der Waals surface area contributed by atoms with Crippen LogP contribution in [0.1, 0.15) is 23.2 Å². The highest BCUT2D eigenvalue weighted by Crippen LogP contribution is 2.16. The number of carbonyl (C=O) groups excluding carboxylic acids is 1. The first-order valence-electron chi connectivity index (χ1n) is 8.36. The lowest BCUT2D eigenvalue weighted by molar-refractivity contribution is 0.0933. The van der Waals surface area contributed by atoms with Crippen LogP contribution in [0.15, 0.2) is 47.6 Å². The van der Waals surface area contributed by atoms with Gasteiger partial charge >= 0.3 is 0 Å². The molecule has 2 aromatic rings. The van der Waals surface area contributed by atoms with E-state index in [1.165, 1.54) is 31.3 Å². The van der Waals surface area contributed by atoms with Crippen molar-refractivity contribution < 1.29 is 13.2 Å². The SMILES string of the molecule is CNS(=O)(=O)c1ccc(C(=O)NC2CCCN(c3ncccn3)C2)cc1. The third kappa shape index (κ3) is 4.17. The van der Waals surface area contributed by atoms with Crippen molar-refractivity contribution in [3.8, 4) is 0 Å². The maximum Gasteiger partial charge on any atom is 0.251 e. The molecule has 9 heteroatoms. The fourth-order valence-electron chi connectivity index (χ4n) is 2.90. The summed E-state index contributed by atoms with van der Waals surface area (Å²) in [6.07, 6.45) is 5.21. The molecule has 0 radical (unpaired) electrons. The summed E-state index contributed by atoms with van der Waals surface area (Å²) >= 11 is 0. The van der Waals surface area contributed by atoms with Crippen LogP contribution in [-0.2, 0) is 10.0 Å². The summed E-state index contributed by atoms with van der Waals surface area (Å²) in [5.74, 6) is 0.437. The van der Waals surface area contributed by atoms with Gasteiger partial charge in [-0.3, -0.25) is 4.79 Å². The quantitative estimate of drug-likeness (QED) is 0.800. The molecule has 2 N–H and O–H groups in total. The first kappa shape index (κ1) is 18.3. The third-order valence-electron chi connectivity index (χ3n) is 4.29. The maximum atomic E-state index is 12.5. The lowest BCUT2D eigenvalue weighted by atomic mass is 10.1. The van der Waals surface area contributed by atoms with Crippen molar-refractivity contribution in [1.29, 1.82) is 0 Å². The maximum absolute atomic E-state index is 12.5. The second-order valence-corrected chi connectivity index (χ2v) is 7.93. The van der Waals surface area contributed by atoms with Gasteiger partial charge in [0.25, 0.3) is 5.91 Å². The van der Waals surface area contributed by atoms with Gasteiger partial charge in [0, 0.05) is 37.1 Å². The highest BCUT2D eigenvalue weighted by Gasteiger charge is 2.23.